The van der Waals surface area contributed by atoms with Crippen molar-refractivity contribution in [2.75, 3.05) is 13.2 Å². The van der Waals surface area contributed by atoms with Crippen LogP contribution in [0.4, 0.5) is 0 Å². The van der Waals surface area contributed by atoms with Gasteiger partial charge in [0, 0.05) is 25.1 Å². The molecule has 1 aliphatic heterocycles. The van der Waals surface area contributed by atoms with E-state index in [4.69, 9.17) is 10.00 Å². The van der Waals surface area contributed by atoms with Gasteiger partial charge in [0.25, 0.3) is 0 Å². The van der Waals surface area contributed by atoms with Gasteiger partial charge in [0.2, 0.25) is 11.8 Å². The minimum atomic E-state index is 0.0615. The van der Waals surface area contributed by atoms with Crippen molar-refractivity contribution < 1.29 is 9.53 Å². The average molecular weight is 231 g/mol. The highest BCUT2D eigenvalue weighted by Gasteiger charge is 2.20. The first kappa shape index (κ1) is 11.4. The highest BCUT2D eigenvalue weighted by molar-refractivity contribution is 5.76. The normalized spacial score (nSPS) is 19.2. The molecule has 0 bridgehead atoms. The van der Waals surface area contributed by atoms with E-state index in [0.29, 0.717) is 31.0 Å². The van der Waals surface area contributed by atoms with Crippen molar-refractivity contribution in [3.8, 4) is 11.9 Å². The van der Waals surface area contributed by atoms with Crippen LogP contribution in [0, 0.1) is 17.2 Å². The van der Waals surface area contributed by atoms with E-state index in [1.165, 1.54) is 0 Å². The topological polar surface area (TPSA) is 75.0 Å². The summed E-state index contributed by atoms with van der Waals surface area (Å²) in [5.41, 5.74) is 0.424. The van der Waals surface area contributed by atoms with Gasteiger partial charge in [-0.1, -0.05) is 0 Å². The molecule has 0 aliphatic carbocycles. The third kappa shape index (κ3) is 2.94. The molecule has 1 aliphatic rings. The molecule has 1 aromatic rings. The average Bonchev–Trinajstić information content (AvgIpc) is 2.37. The van der Waals surface area contributed by atoms with E-state index in [-0.39, 0.29) is 11.8 Å². The molecular formula is C12H13N3O2. The maximum Gasteiger partial charge on any atom is 0.231 e. The molecule has 17 heavy (non-hydrogen) atoms. The van der Waals surface area contributed by atoms with Crippen molar-refractivity contribution >= 4 is 5.91 Å². The first-order valence-electron chi connectivity index (χ1n) is 5.54. The molecule has 88 valence electrons. The van der Waals surface area contributed by atoms with Gasteiger partial charge >= 0.3 is 0 Å². The smallest absolute Gasteiger partial charge is 0.231 e. The minimum Gasteiger partial charge on any atom is -0.476 e. The minimum absolute atomic E-state index is 0.0615. The van der Waals surface area contributed by atoms with Gasteiger partial charge in [-0.3, -0.25) is 4.79 Å². The van der Waals surface area contributed by atoms with E-state index in [9.17, 15) is 4.79 Å². The third-order valence-electron chi connectivity index (χ3n) is 2.70. The summed E-state index contributed by atoms with van der Waals surface area (Å²) in [5.74, 6) is 0.615. The number of nitrogens with zero attached hydrogens (tertiary/aromatic N) is 2. The Morgan fingerprint density at radius 2 is 2.53 bits per heavy atom. The van der Waals surface area contributed by atoms with Crippen molar-refractivity contribution in [3.05, 3.63) is 23.9 Å². The zero-order valence-corrected chi connectivity index (χ0v) is 9.35. The summed E-state index contributed by atoms with van der Waals surface area (Å²) < 4.78 is 5.50. The zero-order chi connectivity index (χ0) is 12.1. The van der Waals surface area contributed by atoms with Gasteiger partial charge < -0.3 is 10.1 Å². The van der Waals surface area contributed by atoms with Gasteiger partial charge in [-0.15, -0.1) is 0 Å². The second-order valence-corrected chi connectivity index (χ2v) is 3.99. The molecule has 1 atom stereocenters. The summed E-state index contributed by atoms with van der Waals surface area (Å²) in [5, 5.41) is 11.6. The Labute approximate surface area is 99.4 Å². The molecule has 1 saturated heterocycles. The second-order valence-electron chi connectivity index (χ2n) is 3.99. The molecule has 5 heteroatoms. The summed E-state index contributed by atoms with van der Waals surface area (Å²) in [7, 11) is 0. The Kier molecular flexibility index (Phi) is 3.55. The molecule has 2 rings (SSSR count). The molecule has 5 nitrogen and oxygen atoms in total. The number of pyridine rings is 1. The molecule has 1 fully saturated rings. The first-order chi connectivity index (χ1) is 8.29. The van der Waals surface area contributed by atoms with Gasteiger partial charge in [0.05, 0.1) is 6.61 Å². The Morgan fingerprint density at radius 3 is 3.29 bits per heavy atom. The van der Waals surface area contributed by atoms with Gasteiger partial charge in [-0.05, 0) is 18.6 Å². The van der Waals surface area contributed by atoms with Crippen molar-refractivity contribution in [1.82, 2.24) is 10.3 Å². The van der Waals surface area contributed by atoms with Gasteiger partial charge in [-0.2, -0.15) is 5.26 Å². The molecular weight excluding hydrogens is 218 g/mol. The third-order valence-corrected chi connectivity index (χ3v) is 2.70. The van der Waals surface area contributed by atoms with Crippen LogP contribution in [-0.2, 0) is 4.79 Å². The number of nitriles is 1. The number of amides is 1. The van der Waals surface area contributed by atoms with E-state index in [1.807, 2.05) is 6.07 Å². The van der Waals surface area contributed by atoms with Gasteiger partial charge in [0.15, 0.2) is 0 Å². The standard InChI is InChI=1S/C12H13N3O2/c13-7-10-2-1-4-15-12(10)17-8-9-3-5-14-11(16)6-9/h1-2,4,9H,3,5-6,8H2,(H,14,16). The molecule has 2 heterocycles. The van der Waals surface area contributed by atoms with E-state index in [0.717, 1.165) is 6.42 Å². The number of hydrogen-bond donors (Lipinski definition) is 1. The molecule has 0 spiro atoms. The van der Waals surface area contributed by atoms with Crippen molar-refractivity contribution in [1.29, 1.82) is 5.26 Å². The van der Waals surface area contributed by atoms with Crippen LogP contribution in [0.5, 0.6) is 5.88 Å². The van der Waals surface area contributed by atoms with Crippen LogP contribution in [0.1, 0.15) is 18.4 Å². The predicted molar refractivity (Wildman–Crippen MR) is 60.2 cm³/mol. The number of hydrogen-bond acceptors (Lipinski definition) is 4. The predicted octanol–water partition coefficient (Wildman–Crippen LogP) is 0.858. The summed E-state index contributed by atoms with van der Waals surface area (Å²) in [6, 6.07) is 5.38. The van der Waals surface area contributed by atoms with Crippen LogP contribution in [0.15, 0.2) is 18.3 Å². The number of carbonyl (C=O) groups excluding carboxylic acids is 1. The summed E-state index contributed by atoms with van der Waals surface area (Å²) in [4.78, 5) is 15.2. The Morgan fingerprint density at radius 1 is 1.65 bits per heavy atom. The lowest BCUT2D eigenvalue weighted by Crippen LogP contribution is -2.35. The monoisotopic (exact) mass is 231 g/mol. The largest absolute Gasteiger partial charge is 0.476 e. The number of ether oxygens (including phenoxy) is 1. The lowest BCUT2D eigenvalue weighted by atomic mass is 9.99. The quantitative estimate of drug-likeness (QED) is 0.837. The van der Waals surface area contributed by atoms with Crippen molar-refractivity contribution in [2.45, 2.75) is 12.8 Å². The lowest BCUT2D eigenvalue weighted by Gasteiger charge is -2.21. The molecule has 1 unspecified atom stereocenters. The maximum atomic E-state index is 11.2. The molecule has 1 amide bonds. The van der Waals surface area contributed by atoms with Gasteiger partial charge in [-0.25, -0.2) is 4.98 Å². The Bertz CT molecular complexity index is 453. The van der Waals surface area contributed by atoms with E-state index in [2.05, 4.69) is 10.3 Å². The molecule has 1 aromatic heterocycles. The number of piperidine rings is 1. The fourth-order valence-corrected chi connectivity index (χ4v) is 1.78. The summed E-state index contributed by atoms with van der Waals surface area (Å²) >= 11 is 0. The molecule has 0 aromatic carbocycles. The fourth-order valence-electron chi connectivity index (χ4n) is 1.78. The SMILES string of the molecule is N#Cc1cccnc1OCC1CCNC(=O)C1. The number of rotatable bonds is 3. The highest BCUT2D eigenvalue weighted by Crippen LogP contribution is 2.17. The lowest BCUT2D eigenvalue weighted by molar-refractivity contribution is -0.123. The van der Waals surface area contributed by atoms with Crippen LogP contribution >= 0.6 is 0 Å². The van der Waals surface area contributed by atoms with Gasteiger partial charge in [0.1, 0.15) is 11.6 Å². The Balaban J connectivity index is 1.93. The fraction of sp³-hybridized carbons (Fsp3) is 0.417. The first-order valence-corrected chi connectivity index (χ1v) is 5.54. The summed E-state index contributed by atoms with van der Waals surface area (Å²) in [6.07, 6.45) is 2.97. The van der Waals surface area contributed by atoms with Crippen LogP contribution < -0.4 is 10.1 Å². The number of carbonyl (C=O) groups is 1. The van der Waals surface area contributed by atoms with Crippen molar-refractivity contribution in [3.63, 3.8) is 0 Å². The van der Waals surface area contributed by atoms with E-state index in [1.54, 1.807) is 18.3 Å². The molecule has 0 saturated carbocycles. The molecule has 1 N–H and O–H groups in total. The highest BCUT2D eigenvalue weighted by atomic mass is 16.5. The molecule has 0 radical (unpaired) electrons. The summed E-state index contributed by atoms with van der Waals surface area (Å²) in [6.45, 7) is 1.12. The van der Waals surface area contributed by atoms with E-state index < -0.39 is 0 Å². The second kappa shape index (κ2) is 5.30. The van der Waals surface area contributed by atoms with Crippen LogP contribution in [0.25, 0.3) is 0 Å². The number of nitrogens with one attached hydrogen (secondary N) is 1. The maximum absolute atomic E-state index is 11.2. The van der Waals surface area contributed by atoms with Crippen LogP contribution in [0.3, 0.4) is 0 Å². The van der Waals surface area contributed by atoms with Crippen LogP contribution in [0.2, 0.25) is 0 Å². The van der Waals surface area contributed by atoms with Crippen LogP contribution in [-0.4, -0.2) is 24.0 Å². The van der Waals surface area contributed by atoms with Crippen molar-refractivity contribution in [2.24, 2.45) is 5.92 Å². The Hall–Kier alpha value is -2.09. The number of aromatic nitrogens is 1. The van der Waals surface area contributed by atoms with E-state index >= 15 is 0 Å². The zero-order valence-electron chi connectivity index (χ0n) is 9.35.